The molecule has 1 aliphatic heterocycles. The molecule has 0 saturated carbocycles. The molecule has 1 aromatic rings. The van der Waals surface area contributed by atoms with Crippen LogP contribution in [-0.4, -0.2) is 23.9 Å². The number of piperidine rings is 1. The third-order valence-electron chi connectivity index (χ3n) is 3.85. The fourth-order valence-electron chi connectivity index (χ4n) is 2.33. The first kappa shape index (κ1) is 13.1. The van der Waals surface area contributed by atoms with E-state index in [1.54, 1.807) is 0 Å². The quantitative estimate of drug-likeness (QED) is 0.870. The number of hydrogen-bond donors (Lipinski definition) is 1. The molecule has 98 valence electrons. The second kappa shape index (κ2) is 5.11. The lowest BCUT2D eigenvalue weighted by Crippen LogP contribution is -2.45. The Balaban J connectivity index is 2.00. The lowest BCUT2D eigenvalue weighted by Gasteiger charge is -2.37. The number of rotatable bonds is 2. The highest BCUT2D eigenvalue weighted by atomic mass is 16.2. The number of carbonyl (C=O) groups is 1. The van der Waals surface area contributed by atoms with Gasteiger partial charge in [0, 0.05) is 13.1 Å². The van der Waals surface area contributed by atoms with E-state index in [0.717, 1.165) is 31.5 Å². The Morgan fingerprint density at radius 2 is 1.78 bits per heavy atom. The molecule has 1 heterocycles. The summed E-state index contributed by atoms with van der Waals surface area (Å²) in [6.07, 6.45) is 2.11. The summed E-state index contributed by atoms with van der Waals surface area (Å²) in [6.45, 7) is 6.16. The van der Waals surface area contributed by atoms with Gasteiger partial charge in [-0.3, -0.25) is 4.79 Å². The van der Waals surface area contributed by atoms with Crippen LogP contribution in [0.15, 0.2) is 30.3 Å². The molecule has 1 saturated heterocycles. The van der Waals surface area contributed by atoms with Gasteiger partial charge in [0.25, 0.3) is 0 Å². The Kier molecular flexibility index (Phi) is 3.71. The van der Waals surface area contributed by atoms with Crippen molar-refractivity contribution < 1.29 is 4.79 Å². The van der Waals surface area contributed by atoms with Crippen molar-refractivity contribution in [3.05, 3.63) is 35.9 Å². The Hall–Kier alpha value is -1.35. The summed E-state index contributed by atoms with van der Waals surface area (Å²) in [4.78, 5) is 14.2. The maximum atomic E-state index is 12.3. The average molecular weight is 246 g/mol. The molecule has 1 atom stereocenters. The molecule has 0 aromatic heterocycles. The van der Waals surface area contributed by atoms with Crippen molar-refractivity contribution in [2.75, 3.05) is 13.1 Å². The van der Waals surface area contributed by atoms with E-state index < -0.39 is 6.04 Å². The minimum atomic E-state index is -0.521. The Labute approximate surface area is 109 Å². The summed E-state index contributed by atoms with van der Waals surface area (Å²) in [5, 5.41) is 0. The number of likely N-dealkylation sites (tertiary alicyclic amines) is 1. The van der Waals surface area contributed by atoms with E-state index in [9.17, 15) is 4.79 Å². The zero-order valence-electron chi connectivity index (χ0n) is 11.2. The highest BCUT2D eigenvalue weighted by molar-refractivity contribution is 5.83. The van der Waals surface area contributed by atoms with Gasteiger partial charge in [-0.15, -0.1) is 0 Å². The Bertz CT molecular complexity index is 404. The predicted octanol–water partition coefficient (Wildman–Crippen LogP) is 2.33. The minimum absolute atomic E-state index is 0.0525. The summed E-state index contributed by atoms with van der Waals surface area (Å²) in [5.74, 6) is 0.0525. The molecular formula is C15H22N2O. The van der Waals surface area contributed by atoms with Crippen LogP contribution in [0.25, 0.3) is 0 Å². The van der Waals surface area contributed by atoms with Gasteiger partial charge in [0.1, 0.15) is 6.04 Å². The van der Waals surface area contributed by atoms with E-state index >= 15 is 0 Å². The molecule has 2 N–H and O–H groups in total. The van der Waals surface area contributed by atoms with Gasteiger partial charge in [-0.25, -0.2) is 0 Å². The van der Waals surface area contributed by atoms with E-state index in [4.69, 9.17) is 5.73 Å². The van der Waals surface area contributed by atoms with E-state index in [0.29, 0.717) is 5.41 Å². The molecule has 1 fully saturated rings. The highest BCUT2D eigenvalue weighted by Gasteiger charge is 2.30. The van der Waals surface area contributed by atoms with E-state index in [1.165, 1.54) is 0 Å². The molecule has 0 spiro atoms. The van der Waals surface area contributed by atoms with Crippen LogP contribution >= 0.6 is 0 Å². The van der Waals surface area contributed by atoms with Gasteiger partial charge >= 0.3 is 0 Å². The van der Waals surface area contributed by atoms with Gasteiger partial charge in [0.05, 0.1) is 0 Å². The predicted molar refractivity (Wildman–Crippen MR) is 73.0 cm³/mol. The molecule has 0 radical (unpaired) electrons. The first-order chi connectivity index (χ1) is 8.49. The molecule has 1 aliphatic rings. The molecule has 3 nitrogen and oxygen atoms in total. The second-order valence-electron chi connectivity index (χ2n) is 5.88. The third-order valence-corrected chi connectivity index (χ3v) is 3.85. The zero-order chi connectivity index (χ0) is 13.2. The molecule has 3 heteroatoms. The van der Waals surface area contributed by atoms with Crippen LogP contribution < -0.4 is 5.73 Å². The van der Waals surface area contributed by atoms with Crippen LogP contribution in [0.3, 0.4) is 0 Å². The van der Waals surface area contributed by atoms with E-state index in [2.05, 4.69) is 13.8 Å². The monoisotopic (exact) mass is 246 g/mol. The van der Waals surface area contributed by atoms with Gasteiger partial charge < -0.3 is 10.6 Å². The molecule has 0 unspecified atom stereocenters. The molecular weight excluding hydrogens is 224 g/mol. The van der Waals surface area contributed by atoms with Gasteiger partial charge in [-0.2, -0.15) is 0 Å². The number of nitrogens with zero attached hydrogens (tertiary/aromatic N) is 1. The lowest BCUT2D eigenvalue weighted by atomic mass is 9.82. The maximum Gasteiger partial charge on any atom is 0.244 e. The van der Waals surface area contributed by atoms with Crippen molar-refractivity contribution in [3.8, 4) is 0 Å². The van der Waals surface area contributed by atoms with Gasteiger partial charge in [0.2, 0.25) is 5.91 Å². The summed E-state index contributed by atoms with van der Waals surface area (Å²) < 4.78 is 0. The standard InChI is InChI=1S/C15H22N2O/c1-15(2)8-10-17(11-9-15)14(18)13(16)12-6-4-3-5-7-12/h3-7,13H,8-11,16H2,1-2H3/t13-/m0/s1. The Morgan fingerprint density at radius 3 is 2.33 bits per heavy atom. The maximum absolute atomic E-state index is 12.3. The molecule has 1 aromatic carbocycles. The molecule has 18 heavy (non-hydrogen) atoms. The third kappa shape index (κ3) is 2.91. The smallest absolute Gasteiger partial charge is 0.244 e. The Morgan fingerprint density at radius 1 is 1.22 bits per heavy atom. The first-order valence-electron chi connectivity index (χ1n) is 6.59. The number of hydrogen-bond acceptors (Lipinski definition) is 2. The molecule has 0 aliphatic carbocycles. The van der Waals surface area contributed by atoms with E-state index in [1.807, 2.05) is 35.2 Å². The van der Waals surface area contributed by atoms with Crippen LogP contribution in [0.5, 0.6) is 0 Å². The van der Waals surface area contributed by atoms with Gasteiger partial charge in [-0.05, 0) is 23.8 Å². The molecule has 0 bridgehead atoms. The van der Waals surface area contributed by atoms with Crippen molar-refractivity contribution in [1.82, 2.24) is 4.90 Å². The summed E-state index contributed by atoms with van der Waals surface area (Å²) in [7, 11) is 0. The van der Waals surface area contributed by atoms with Gasteiger partial charge in [0.15, 0.2) is 0 Å². The van der Waals surface area contributed by atoms with Crippen molar-refractivity contribution in [2.45, 2.75) is 32.7 Å². The van der Waals surface area contributed by atoms with Crippen molar-refractivity contribution in [3.63, 3.8) is 0 Å². The van der Waals surface area contributed by atoms with Gasteiger partial charge in [-0.1, -0.05) is 44.2 Å². The topological polar surface area (TPSA) is 46.3 Å². The number of amides is 1. The average Bonchev–Trinajstić information content (AvgIpc) is 2.38. The normalized spacial score (nSPS) is 20.5. The van der Waals surface area contributed by atoms with Crippen LogP contribution in [0.2, 0.25) is 0 Å². The zero-order valence-corrected chi connectivity index (χ0v) is 11.2. The van der Waals surface area contributed by atoms with Crippen molar-refractivity contribution in [1.29, 1.82) is 0 Å². The fraction of sp³-hybridized carbons (Fsp3) is 0.533. The van der Waals surface area contributed by atoms with Crippen LogP contribution in [0, 0.1) is 5.41 Å². The molecule has 1 amide bonds. The van der Waals surface area contributed by atoms with Crippen LogP contribution in [0.4, 0.5) is 0 Å². The van der Waals surface area contributed by atoms with Crippen molar-refractivity contribution >= 4 is 5.91 Å². The van der Waals surface area contributed by atoms with Crippen molar-refractivity contribution in [2.24, 2.45) is 11.1 Å². The fourth-order valence-corrected chi connectivity index (χ4v) is 2.33. The van der Waals surface area contributed by atoms with Crippen LogP contribution in [0.1, 0.15) is 38.3 Å². The largest absolute Gasteiger partial charge is 0.341 e. The summed E-state index contributed by atoms with van der Waals surface area (Å²) in [5.41, 5.74) is 7.30. The molecule has 2 rings (SSSR count). The first-order valence-corrected chi connectivity index (χ1v) is 6.59. The van der Waals surface area contributed by atoms with Crippen LogP contribution in [-0.2, 0) is 4.79 Å². The number of benzene rings is 1. The second-order valence-corrected chi connectivity index (χ2v) is 5.88. The number of carbonyl (C=O) groups excluding carboxylic acids is 1. The number of nitrogens with two attached hydrogens (primary N) is 1. The summed E-state index contributed by atoms with van der Waals surface area (Å²) in [6, 6.07) is 9.08. The highest BCUT2D eigenvalue weighted by Crippen LogP contribution is 2.30. The van der Waals surface area contributed by atoms with E-state index in [-0.39, 0.29) is 5.91 Å². The minimum Gasteiger partial charge on any atom is -0.341 e. The SMILES string of the molecule is CC1(C)CCN(C(=O)[C@@H](N)c2ccccc2)CC1. The summed E-state index contributed by atoms with van der Waals surface area (Å²) >= 11 is 0. The lowest BCUT2D eigenvalue weighted by molar-refractivity contribution is -0.134.